The zero-order valence-corrected chi connectivity index (χ0v) is 10.5. The first-order valence-corrected chi connectivity index (χ1v) is 6.06. The normalized spacial score (nSPS) is 13.6. The summed E-state index contributed by atoms with van der Waals surface area (Å²) >= 11 is 0. The number of hydrogen-bond acceptors (Lipinski definition) is 6. The average Bonchev–Trinajstić information content (AvgIpc) is 3.22. The van der Waals surface area contributed by atoms with Crippen molar-refractivity contribution in [2.75, 3.05) is 11.4 Å². The highest BCUT2D eigenvalue weighted by molar-refractivity contribution is 5.70. The smallest absolute Gasteiger partial charge is 0.329 e. The third kappa shape index (κ3) is 2.83. The van der Waals surface area contributed by atoms with Gasteiger partial charge < -0.3 is 10.0 Å². The second-order valence-electron chi connectivity index (χ2n) is 4.47. The molecule has 1 heterocycles. The Labute approximate surface area is 114 Å². The highest BCUT2D eigenvalue weighted by atomic mass is 16.6. The van der Waals surface area contributed by atoms with Crippen molar-refractivity contribution in [3.05, 3.63) is 27.9 Å². The molecule has 20 heavy (non-hydrogen) atoms. The van der Waals surface area contributed by atoms with E-state index in [0.717, 1.165) is 12.8 Å². The maximum absolute atomic E-state index is 11.2. The highest BCUT2D eigenvalue weighted by Gasteiger charge is 2.35. The molecule has 8 nitrogen and oxygen atoms in total. The lowest BCUT2D eigenvalue weighted by atomic mass is 10.2. The average molecular weight is 276 g/mol. The topological polar surface area (TPSA) is 120 Å². The number of anilines is 1. The molecule has 0 unspecified atom stereocenters. The number of nitrogens with zero attached hydrogens (tertiary/aromatic N) is 4. The lowest BCUT2D eigenvalue weighted by Crippen LogP contribution is -2.30. The molecule has 0 bridgehead atoms. The fraction of sp³-hybridized carbons (Fsp3) is 0.417. The van der Waals surface area contributed by atoms with Crippen molar-refractivity contribution in [2.45, 2.75) is 25.3 Å². The predicted octanol–water partition coefficient (Wildman–Crippen LogP) is 1.30. The van der Waals surface area contributed by atoms with Gasteiger partial charge in [0.2, 0.25) is 5.82 Å². The van der Waals surface area contributed by atoms with Crippen LogP contribution >= 0.6 is 0 Å². The number of hydrogen-bond donors (Lipinski definition) is 1. The summed E-state index contributed by atoms with van der Waals surface area (Å²) in [6.07, 6.45) is 2.88. The van der Waals surface area contributed by atoms with Gasteiger partial charge in [-0.1, -0.05) is 0 Å². The van der Waals surface area contributed by atoms with Gasteiger partial charge in [0.1, 0.15) is 11.6 Å². The van der Waals surface area contributed by atoms with Crippen LogP contribution in [0.15, 0.2) is 12.3 Å². The van der Waals surface area contributed by atoms with Gasteiger partial charge in [0.05, 0.1) is 11.3 Å². The molecule has 0 aliphatic heterocycles. The second kappa shape index (κ2) is 5.52. The number of carbonyl (C=O) groups is 1. The van der Waals surface area contributed by atoms with Crippen LogP contribution in [-0.2, 0) is 4.79 Å². The molecule has 0 amide bonds. The molecule has 0 spiro atoms. The van der Waals surface area contributed by atoms with Crippen molar-refractivity contribution in [3.8, 4) is 6.07 Å². The molecule has 8 heteroatoms. The Morgan fingerprint density at radius 3 is 2.85 bits per heavy atom. The van der Waals surface area contributed by atoms with Crippen LogP contribution in [0.3, 0.4) is 0 Å². The molecule has 1 aliphatic carbocycles. The van der Waals surface area contributed by atoms with Crippen molar-refractivity contribution >= 4 is 17.5 Å². The molecule has 1 fully saturated rings. The quantitative estimate of drug-likeness (QED) is 0.614. The molecule has 104 valence electrons. The van der Waals surface area contributed by atoms with E-state index in [0.29, 0.717) is 0 Å². The van der Waals surface area contributed by atoms with E-state index >= 15 is 0 Å². The standard InChI is InChI=1S/C12H12N4O4/c13-7-8-3-5-14-12(11(8)16(19)20)15(9-1-2-9)6-4-10(17)18/h3,5,9H,1-2,4,6H2,(H,17,18). The Morgan fingerprint density at radius 1 is 1.65 bits per heavy atom. The van der Waals surface area contributed by atoms with Gasteiger partial charge in [-0.25, -0.2) is 4.98 Å². The van der Waals surface area contributed by atoms with E-state index in [1.807, 2.05) is 0 Å². The number of carboxylic acids is 1. The number of nitriles is 1. The Kier molecular flexibility index (Phi) is 3.79. The molecule has 2 rings (SSSR count). The van der Waals surface area contributed by atoms with E-state index in [4.69, 9.17) is 10.4 Å². The molecule has 0 radical (unpaired) electrons. The van der Waals surface area contributed by atoms with Crippen LogP contribution in [-0.4, -0.2) is 33.6 Å². The number of carboxylic acid groups (broad SMARTS) is 1. The number of aromatic nitrogens is 1. The van der Waals surface area contributed by atoms with Gasteiger partial charge in [-0.05, 0) is 18.9 Å². The van der Waals surface area contributed by atoms with Gasteiger partial charge in [-0.3, -0.25) is 14.9 Å². The Hall–Kier alpha value is -2.69. The maximum atomic E-state index is 11.2. The van der Waals surface area contributed by atoms with E-state index in [1.54, 1.807) is 11.0 Å². The third-order valence-corrected chi connectivity index (χ3v) is 3.03. The fourth-order valence-electron chi connectivity index (χ4n) is 1.99. The summed E-state index contributed by atoms with van der Waals surface area (Å²) < 4.78 is 0. The van der Waals surface area contributed by atoms with Crippen molar-refractivity contribution in [3.63, 3.8) is 0 Å². The zero-order valence-electron chi connectivity index (χ0n) is 10.5. The van der Waals surface area contributed by atoms with Gasteiger partial charge in [0.25, 0.3) is 0 Å². The van der Waals surface area contributed by atoms with Crippen molar-refractivity contribution in [1.29, 1.82) is 5.26 Å². The van der Waals surface area contributed by atoms with Crippen LogP contribution in [0.25, 0.3) is 0 Å². The lowest BCUT2D eigenvalue weighted by Gasteiger charge is -2.22. The molecular formula is C12H12N4O4. The van der Waals surface area contributed by atoms with Gasteiger partial charge in [-0.15, -0.1) is 0 Å². The number of pyridine rings is 1. The van der Waals surface area contributed by atoms with Crippen molar-refractivity contribution in [2.24, 2.45) is 0 Å². The van der Waals surface area contributed by atoms with Crippen LogP contribution < -0.4 is 4.90 Å². The van der Waals surface area contributed by atoms with Crippen molar-refractivity contribution < 1.29 is 14.8 Å². The summed E-state index contributed by atoms with van der Waals surface area (Å²) in [4.78, 5) is 26.8. The first-order chi connectivity index (χ1) is 9.54. The van der Waals surface area contributed by atoms with Crippen molar-refractivity contribution in [1.82, 2.24) is 4.98 Å². The molecule has 1 aromatic rings. The lowest BCUT2D eigenvalue weighted by molar-refractivity contribution is -0.384. The summed E-state index contributed by atoms with van der Waals surface area (Å²) in [5.74, 6) is -0.896. The SMILES string of the molecule is N#Cc1ccnc(N(CCC(=O)O)C2CC2)c1[N+](=O)[O-]. The summed E-state index contributed by atoms with van der Waals surface area (Å²) in [7, 11) is 0. The highest BCUT2D eigenvalue weighted by Crippen LogP contribution is 2.36. The van der Waals surface area contributed by atoms with E-state index in [9.17, 15) is 14.9 Å². The second-order valence-corrected chi connectivity index (χ2v) is 4.47. The van der Waals surface area contributed by atoms with E-state index < -0.39 is 10.9 Å². The minimum absolute atomic E-state index is 0.0643. The minimum atomic E-state index is -0.977. The first-order valence-electron chi connectivity index (χ1n) is 6.06. The van der Waals surface area contributed by atoms with Crippen LogP contribution in [0.5, 0.6) is 0 Å². The molecule has 0 aromatic carbocycles. The Balaban J connectivity index is 2.40. The molecule has 1 aromatic heterocycles. The van der Waals surface area contributed by atoms with E-state index in [-0.39, 0.29) is 36.1 Å². The molecule has 1 N–H and O–H groups in total. The molecule has 1 aliphatic rings. The third-order valence-electron chi connectivity index (χ3n) is 3.03. The summed E-state index contributed by atoms with van der Waals surface area (Å²) in [6.45, 7) is 0.142. The predicted molar refractivity (Wildman–Crippen MR) is 68.2 cm³/mol. The monoisotopic (exact) mass is 276 g/mol. The van der Waals surface area contributed by atoms with Gasteiger partial charge in [-0.2, -0.15) is 5.26 Å². The largest absolute Gasteiger partial charge is 0.481 e. The molecule has 0 saturated heterocycles. The number of aliphatic carboxylic acids is 1. The summed E-state index contributed by atoms with van der Waals surface area (Å²) in [5.41, 5.74) is -0.423. The molecule has 0 atom stereocenters. The summed E-state index contributed by atoms with van der Waals surface area (Å²) in [6, 6.07) is 3.12. The summed E-state index contributed by atoms with van der Waals surface area (Å²) in [5, 5.41) is 28.9. The minimum Gasteiger partial charge on any atom is -0.481 e. The van der Waals surface area contributed by atoms with Gasteiger partial charge in [0.15, 0.2) is 0 Å². The van der Waals surface area contributed by atoms with Crippen LogP contribution in [0.2, 0.25) is 0 Å². The number of nitro groups is 1. The van der Waals surface area contributed by atoms with Crippen LogP contribution in [0, 0.1) is 21.4 Å². The first kappa shape index (κ1) is 13.7. The Bertz CT molecular complexity index is 592. The fourth-order valence-corrected chi connectivity index (χ4v) is 1.99. The van der Waals surface area contributed by atoms with Gasteiger partial charge in [0, 0.05) is 18.8 Å². The number of rotatable bonds is 6. The van der Waals surface area contributed by atoms with E-state index in [1.165, 1.54) is 12.3 Å². The molecule has 1 saturated carbocycles. The van der Waals surface area contributed by atoms with E-state index in [2.05, 4.69) is 4.98 Å². The molecular weight excluding hydrogens is 264 g/mol. The Morgan fingerprint density at radius 2 is 2.35 bits per heavy atom. The van der Waals surface area contributed by atoms with Crippen LogP contribution in [0.1, 0.15) is 24.8 Å². The van der Waals surface area contributed by atoms with Gasteiger partial charge >= 0.3 is 11.7 Å². The van der Waals surface area contributed by atoms with Crippen LogP contribution in [0.4, 0.5) is 11.5 Å². The maximum Gasteiger partial charge on any atom is 0.329 e. The zero-order chi connectivity index (χ0) is 14.7.